The zero-order valence-corrected chi connectivity index (χ0v) is 14.1. The van der Waals surface area contributed by atoms with Crippen LogP contribution in [0.1, 0.15) is 19.9 Å². The number of nitrogens with zero attached hydrogens (tertiary/aromatic N) is 4. The molecule has 2 aliphatic rings. The van der Waals surface area contributed by atoms with E-state index in [2.05, 4.69) is 21.0 Å². The van der Waals surface area contributed by atoms with Gasteiger partial charge in [-0.3, -0.25) is 0 Å². The molecule has 24 heavy (non-hydrogen) atoms. The van der Waals surface area contributed by atoms with Crippen molar-refractivity contribution in [3.63, 3.8) is 0 Å². The van der Waals surface area contributed by atoms with Gasteiger partial charge in [-0.15, -0.1) is 0 Å². The molecule has 1 aliphatic carbocycles. The van der Waals surface area contributed by atoms with Crippen molar-refractivity contribution in [2.75, 3.05) is 12.3 Å². The number of nitrogens with two attached hydrogens (primary N) is 1. The highest BCUT2D eigenvalue weighted by Crippen LogP contribution is 2.44. The highest BCUT2D eigenvalue weighted by molar-refractivity contribution is 8.15. The van der Waals surface area contributed by atoms with Crippen LogP contribution in [0.15, 0.2) is 24.3 Å². The van der Waals surface area contributed by atoms with Crippen LogP contribution in [0.25, 0.3) is 11.2 Å². The zero-order valence-electron chi connectivity index (χ0n) is 14.2. The van der Waals surface area contributed by atoms with E-state index < -0.39 is 5.79 Å². The second-order valence-electron chi connectivity index (χ2n) is 6.19. The van der Waals surface area contributed by atoms with Crippen LogP contribution in [0, 0.1) is 0 Å². The highest BCUT2D eigenvalue weighted by atomic mass is 32.2. The summed E-state index contributed by atoms with van der Waals surface area (Å²) in [5, 5.41) is 0. The lowest BCUT2D eigenvalue weighted by atomic mass is 10.1. The van der Waals surface area contributed by atoms with Crippen LogP contribution in [-0.4, -0.2) is 52.5 Å². The molecule has 2 aromatic heterocycles. The van der Waals surface area contributed by atoms with Crippen LogP contribution >= 0.6 is 11.9 Å². The molecule has 0 bridgehead atoms. The van der Waals surface area contributed by atoms with Crippen molar-refractivity contribution < 1.29 is 13.7 Å². The van der Waals surface area contributed by atoms with Gasteiger partial charge in [0.15, 0.2) is 17.3 Å². The van der Waals surface area contributed by atoms with Gasteiger partial charge in [0.2, 0.25) is 7.09 Å². The first-order valence-corrected chi connectivity index (χ1v) is 8.28. The van der Waals surface area contributed by atoms with Crippen LogP contribution in [0.3, 0.4) is 0 Å². The van der Waals surface area contributed by atoms with Crippen molar-refractivity contribution in [3.8, 4) is 0 Å². The summed E-state index contributed by atoms with van der Waals surface area (Å²) < 4.78 is 26.6. The molecule has 125 valence electrons. The van der Waals surface area contributed by atoms with E-state index in [9.17, 15) is 0 Å². The number of hydrogen-bond donors (Lipinski definition) is 1. The Labute approximate surface area is 145 Å². The summed E-state index contributed by atoms with van der Waals surface area (Å²) in [5.41, 5.74) is 8.07. The third-order valence-corrected chi connectivity index (χ3v) is 4.47. The molecule has 4 rings (SSSR count). The lowest BCUT2D eigenvalue weighted by Crippen LogP contribution is -2.28. The third kappa shape index (κ3) is 2.50. The second kappa shape index (κ2) is 5.73. The number of ether oxygens (including phenoxy) is 2. The largest absolute Gasteiger partial charge is 0.382 e. The van der Waals surface area contributed by atoms with Gasteiger partial charge in [-0.1, -0.05) is 18.0 Å². The van der Waals surface area contributed by atoms with Gasteiger partial charge in [-0.2, -0.15) is 0 Å². The standard InChI is InChI=1S/C14H17BN5O3S/c1-14(2)22-10-7(4-21-24-15)3-8(11(10)23-14)20-6-19-9-12(16)17-5-18-13(9)20/h3,5-6,8,10-11,15H,4H2,1-2H3,(H2,16,17,18)/t8-,10-,11+/m1/s1/i15T. The Morgan fingerprint density at radius 3 is 3.17 bits per heavy atom. The summed E-state index contributed by atoms with van der Waals surface area (Å²) in [4.78, 5) is 12.6. The normalized spacial score (nSPS) is 28.7. The molecular formula is C14H17BN5O3S. The molecule has 3 heterocycles. The number of nitrogen functional groups attached to an aromatic ring is 1. The topological polar surface area (TPSA) is 97.3 Å². The van der Waals surface area contributed by atoms with E-state index in [0.29, 0.717) is 23.6 Å². The smallest absolute Gasteiger partial charge is 0.209 e. The Kier molecular flexibility index (Phi) is 3.51. The third-order valence-electron chi connectivity index (χ3n) is 4.22. The van der Waals surface area contributed by atoms with E-state index in [4.69, 9.17) is 20.7 Å². The maximum atomic E-state index is 7.05. The molecule has 1 radical (unpaired) electrons. The second-order valence-corrected chi connectivity index (χ2v) is 6.62. The van der Waals surface area contributed by atoms with Gasteiger partial charge >= 0.3 is 0 Å². The van der Waals surface area contributed by atoms with E-state index >= 15 is 0 Å². The van der Waals surface area contributed by atoms with Gasteiger partial charge in [0.05, 0.1) is 19.0 Å². The van der Waals surface area contributed by atoms with Crippen LogP contribution in [-0.2, 0) is 13.7 Å². The Balaban J connectivity index is 1.70. The Hall–Kier alpha value is -1.62. The summed E-state index contributed by atoms with van der Waals surface area (Å²) in [5.74, 6) is -0.344. The van der Waals surface area contributed by atoms with Gasteiger partial charge in [0, 0.05) is 0 Å². The minimum atomic E-state index is -0.688. The molecular weight excluding hydrogens is 329 g/mol. The first-order valence-electron chi connectivity index (χ1n) is 8.05. The van der Waals surface area contributed by atoms with Gasteiger partial charge in [0.25, 0.3) is 0 Å². The van der Waals surface area contributed by atoms with Crippen LogP contribution in [0.5, 0.6) is 0 Å². The maximum absolute atomic E-state index is 7.05. The van der Waals surface area contributed by atoms with Crippen molar-refractivity contribution in [2.24, 2.45) is 0 Å². The van der Waals surface area contributed by atoms with Crippen LogP contribution in [0.2, 0.25) is 0 Å². The fraction of sp³-hybridized carbons (Fsp3) is 0.500. The molecule has 0 saturated carbocycles. The van der Waals surface area contributed by atoms with E-state index in [-0.39, 0.29) is 18.2 Å². The van der Waals surface area contributed by atoms with Crippen molar-refractivity contribution in [1.82, 2.24) is 19.5 Å². The van der Waals surface area contributed by atoms with Crippen molar-refractivity contribution in [1.29, 1.82) is 1.34 Å². The average Bonchev–Trinajstić information content (AvgIpc) is 3.20. The fourth-order valence-corrected chi connectivity index (χ4v) is 3.50. The Morgan fingerprint density at radius 1 is 1.46 bits per heavy atom. The molecule has 2 aromatic rings. The molecule has 0 aromatic carbocycles. The van der Waals surface area contributed by atoms with Gasteiger partial charge in [-0.05, 0) is 20.8 Å². The number of fused-ring (bicyclic) bond motifs is 2. The van der Waals surface area contributed by atoms with E-state index in [1.165, 1.54) is 6.33 Å². The molecule has 8 nitrogen and oxygen atoms in total. The predicted molar refractivity (Wildman–Crippen MR) is 91.4 cm³/mol. The predicted octanol–water partition coefficient (Wildman–Crippen LogP) is 0.890. The molecule has 0 amide bonds. The Morgan fingerprint density at radius 2 is 2.33 bits per heavy atom. The number of imidazole rings is 1. The maximum Gasteiger partial charge on any atom is 0.209 e. The number of aromatic nitrogens is 4. The average molecular weight is 348 g/mol. The molecule has 1 aliphatic heterocycles. The first kappa shape index (κ1) is 14.7. The van der Waals surface area contributed by atoms with Crippen LogP contribution < -0.4 is 5.73 Å². The molecule has 0 spiro atoms. The summed E-state index contributed by atoms with van der Waals surface area (Å²) in [6.07, 6.45) is 4.73. The Bertz CT molecular complexity index is 832. The lowest BCUT2D eigenvalue weighted by molar-refractivity contribution is -0.148. The monoisotopic (exact) mass is 348 g/mol. The minimum Gasteiger partial charge on any atom is -0.382 e. The summed E-state index contributed by atoms with van der Waals surface area (Å²) >= 11 is 0.980. The quantitative estimate of drug-likeness (QED) is 0.368. The lowest BCUT2D eigenvalue weighted by Gasteiger charge is -2.21. The number of hydrogen-bond acceptors (Lipinski definition) is 8. The fourth-order valence-electron chi connectivity index (χ4n) is 3.29. The van der Waals surface area contributed by atoms with Crippen molar-refractivity contribution in [3.05, 3.63) is 24.3 Å². The summed E-state index contributed by atoms with van der Waals surface area (Å²) in [7, 11) is 1.14. The molecule has 1 fully saturated rings. The van der Waals surface area contributed by atoms with Crippen molar-refractivity contribution in [2.45, 2.75) is 37.9 Å². The minimum absolute atomic E-state index is 0.144. The van der Waals surface area contributed by atoms with Gasteiger partial charge in [-0.25, -0.2) is 15.0 Å². The van der Waals surface area contributed by atoms with E-state index in [0.717, 1.165) is 24.6 Å². The zero-order chi connectivity index (χ0) is 17.6. The molecule has 3 atom stereocenters. The SMILES string of the molecule is [3H][B]SOCC1=C[C@@H](n2cnc3c(N)ncnc32)[C@@H]2OC(C)(C)O[C@H]12. The van der Waals surface area contributed by atoms with Gasteiger partial charge < -0.3 is 24.0 Å². The number of rotatable bonds is 5. The van der Waals surface area contributed by atoms with Gasteiger partial charge in [0.1, 0.15) is 24.1 Å². The molecule has 0 unspecified atom stereocenters. The molecule has 1 saturated heterocycles. The van der Waals surface area contributed by atoms with Crippen LogP contribution in [0.4, 0.5) is 5.82 Å². The molecule has 2 N–H and O–H groups in total. The van der Waals surface area contributed by atoms with E-state index in [1.54, 1.807) is 6.33 Å². The van der Waals surface area contributed by atoms with Crippen molar-refractivity contribution >= 4 is 36.0 Å². The highest BCUT2D eigenvalue weighted by Gasteiger charge is 2.50. The summed E-state index contributed by atoms with van der Waals surface area (Å²) in [6, 6.07) is -0.144. The summed E-state index contributed by atoms with van der Waals surface area (Å²) in [6.45, 7) is 4.12. The first-order chi connectivity index (χ1) is 12.0. The number of anilines is 1. The van der Waals surface area contributed by atoms with E-state index in [1.807, 2.05) is 18.4 Å². The molecule has 10 heteroatoms.